The number of hydrogen-bond donors (Lipinski definition) is 1. The van der Waals surface area contributed by atoms with Crippen molar-refractivity contribution in [3.63, 3.8) is 0 Å². The fourth-order valence-electron chi connectivity index (χ4n) is 2.71. The molecule has 1 aliphatic rings. The van der Waals surface area contributed by atoms with Crippen LogP contribution in [-0.2, 0) is 22.5 Å². The minimum atomic E-state index is -0.166. The highest BCUT2D eigenvalue weighted by atomic mass is 32.1. The van der Waals surface area contributed by atoms with Crippen LogP contribution in [0.15, 0.2) is 12.1 Å². The Morgan fingerprint density at radius 1 is 1.42 bits per heavy atom. The topological polar surface area (TPSA) is 38.3 Å². The molecule has 1 saturated carbocycles. The maximum atomic E-state index is 11.2. The summed E-state index contributed by atoms with van der Waals surface area (Å²) < 4.78 is 4.68. The summed E-state index contributed by atoms with van der Waals surface area (Å²) in [5.74, 6) is 0.676. The molecule has 1 aliphatic carbocycles. The van der Waals surface area contributed by atoms with Crippen molar-refractivity contribution in [2.75, 3.05) is 7.11 Å². The van der Waals surface area contributed by atoms with Crippen molar-refractivity contribution in [1.82, 2.24) is 5.32 Å². The number of nitrogens with one attached hydrogen (secondary N) is 1. The second kappa shape index (κ2) is 7.06. The first kappa shape index (κ1) is 14.5. The van der Waals surface area contributed by atoms with E-state index >= 15 is 0 Å². The summed E-state index contributed by atoms with van der Waals surface area (Å²) in [6.07, 6.45) is 5.90. The van der Waals surface area contributed by atoms with Crippen LogP contribution in [0.3, 0.4) is 0 Å². The lowest BCUT2D eigenvalue weighted by Gasteiger charge is -2.19. The predicted molar refractivity (Wildman–Crippen MR) is 78.3 cm³/mol. The molecule has 0 radical (unpaired) electrons. The van der Waals surface area contributed by atoms with Crippen molar-refractivity contribution >= 4 is 17.3 Å². The van der Waals surface area contributed by atoms with Gasteiger partial charge in [-0.15, -0.1) is 11.3 Å². The zero-order valence-corrected chi connectivity index (χ0v) is 12.6. The molecule has 2 rings (SSSR count). The number of methoxy groups -OCH3 is 1. The first-order chi connectivity index (χ1) is 9.19. The van der Waals surface area contributed by atoms with Crippen LogP contribution in [0.5, 0.6) is 0 Å². The predicted octanol–water partition coefficient (Wildman–Crippen LogP) is 3.13. The van der Waals surface area contributed by atoms with Crippen molar-refractivity contribution in [1.29, 1.82) is 0 Å². The molecule has 0 aliphatic heterocycles. The quantitative estimate of drug-likeness (QED) is 0.814. The van der Waals surface area contributed by atoms with Gasteiger partial charge in [-0.1, -0.05) is 12.8 Å². The fourth-order valence-corrected chi connectivity index (χ4v) is 3.67. The number of carbonyl (C=O) groups excluding carboxylic acids is 1. The minimum Gasteiger partial charge on any atom is -0.469 e. The molecule has 3 nitrogen and oxygen atoms in total. The Balaban J connectivity index is 1.77. The lowest BCUT2D eigenvalue weighted by molar-refractivity contribution is -0.139. The van der Waals surface area contributed by atoms with Crippen LogP contribution in [0.2, 0.25) is 0 Å². The van der Waals surface area contributed by atoms with E-state index in [-0.39, 0.29) is 5.97 Å². The monoisotopic (exact) mass is 281 g/mol. The second-order valence-corrected chi connectivity index (χ2v) is 6.59. The van der Waals surface area contributed by atoms with E-state index in [2.05, 4.69) is 23.0 Å². The van der Waals surface area contributed by atoms with Gasteiger partial charge in [-0.25, -0.2) is 0 Å². The molecule has 0 aromatic carbocycles. The molecule has 1 heterocycles. The first-order valence-electron chi connectivity index (χ1n) is 7.07. The van der Waals surface area contributed by atoms with Gasteiger partial charge in [0.15, 0.2) is 0 Å². The first-order valence-corrected chi connectivity index (χ1v) is 7.88. The van der Waals surface area contributed by atoms with Crippen molar-refractivity contribution in [2.24, 2.45) is 5.92 Å². The molecule has 19 heavy (non-hydrogen) atoms. The number of carbonyl (C=O) groups is 1. The molecule has 1 aromatic rings. The Labute approximate surface area is 119 Å². The van der Waals surface area contributed by atoms with E-state index in [1.807, 2.05) is 6.07 Å². The molecule has 0 bridgehead atoms. The summed E-state index contributed by atoms with van der Waals surface area (Å²) in [7, 11) is 1.43. The van der Waals surface area contributed by atoms with E-state index in [4.69, 9.17) is 0 Å². The molecule has 0 spiro atoms. The Morgan fingerprint density at radius 2 is 2.11 bits per heavy atom. The summed E-state index contributed by atoms with van der Waals surface area (Å²) in [6, 6.07) is 4.73. The van der Waals surface area contributed by atoms with Crippen molar-refractivity contribution in [2.45, 2.75) is 51.6 Å². The van der Waals surface area contributed by atoms with E-state index in [0.717, 1.165) is 17.3 Å². The Kier molecular flexibility index (Phi) is 5.40. The molecular weight excluding hydrogens is 258 g/mol. The molecule has 1 fully saturated rings. The maximum Gasteiger partial charge on any atom is 0.310 e. The summed E-state index contributed by atoms with van der Waals surface area (Å²) in [5.41, 5.74) is 0. The van der Waals surface area contributed by atoms with Gasteiger partial charge in [0.1, 0.15) is 0 Å². The SMILES string of the molecule is COC(=O)Cc1ccc(CNC(C)C2CCCC2)s1. The molecule has 1 aromatic heterocycles. The van der Waals surface area contributed by atoms with Crippen LogP contribution < -0.4 is 5.32 Å². The molecular formula is C15H23NO2S. The molecule has 0 saturated heterocycles. The van der Waals surface area contributed by atoms with Crippen molar-refractivity contribution < 1.29 is 9.53 Å². The van der Waals surface area contributed by atoms with Crippen molar-refractivity contribution in [3.05, 3.63) is 21.9 Å². The van der Waals surface area contributed by atoms with E-state index in [1.165, 1.54) is 37.7 Å². The maximum absolute atomic E-state index is 11.2. The number of thiophene rings is 1. The van der Waals surface area contributed by atoms with Gasteiger partial charge < -0.3 is 10.1 Å². The molecule has 106 valence electrons. The number of ether oxygens (including phenoxy) is 1. The van der Waals surface area contributed by atoms with Gasteiger partial charge in [-0.05, 0) is 37.8 Å². The number of rotatable bonds is 6. The van der Waals surface area contributed by atoms with Crippen LogP contribution in [0, 0.1) is 5.92 Å². The van der Waals surface area contributed by atoms with E-state index < -0.39 is 0 Å². The third kappa shape index (κ3) is 4.32. The standard InChI is InChI=1S/C15H23NO2S/c1-11(12-5-3-4-6-12)16-10-14-8-7-13(19-14)9-15(17)18-2/h7-8,11-12,16H,3-6,9-10H2,1-2H3. The van der Waals surface area contributed by atoms with Gasteiger partial charge in [0, 0.05) is 22.3 Å². The average Bonchev–Trinajstić information content (AvgIpc) is 3.07. The molecule has 1 atom stereocenters. The highest BCUT2D eigenvalue weighted by molar-refractivity contribution is 7.12. The lowest BCUT2D eigenvalue weighted by atomic mass is 10.00. The molecule has 0 amide bonds. The lowest BCUT2D eigenvalue weighted by Crippen LogP contribution is -2.31. The zero-order valence-electron chi connectivity index (χ0n) is 11.8. The Bertz CT molecular complexity index is 410. The van der Waals surface area contributed by atoms with Crippen molar-refractivity contribution in [3.8, 4) is 0 Å². The summed E-state index contributed by atoms with van der Waals surface area (Å²) in [4.78, 5) is 13.6. The van der Waals surface area contributed by atoms with Crippen LogP contribution in [0.25, 0.3) is 0 Å². The van der Waals surface area contributed by atoms with E-state index in [9.17, 15) is 4.79 Å². The second-order valence-electron chi connectivity index (χ2n) is 5.34. The highest BCUT2D eigenvalue weighted by Gasteiger charge is 2.21. The normalized spacial score (nSPS) is 17.6. The largest absolute Gasteiger partial charge is 0.469 e. The summed E-state index contributed by atoms with van der Waals surface area (Å²) in [6.45, 7) is 3.20. The molecule has 4 heteroatoms. The third-order valence-electron chi connectivity index (χ3n) is 3.97. The smallest absolute Gasteiger partial charge is 0.310 e. The average molecular weight is 281 g/mol. The van der Waals surface area contributed by atoms with Crippen LogP contribution in [0.1, 0.15) is 42.4 Å². The number of esters is 1. The Hall–Kier alpha value is -0.870. The molecule has 1 unspecified atom stereocenters. The van der Waals surface area contributed by atoms with Crippen LogP contribution >= 0.6 is 11.3 Å². The number of hydrogen-bond acceptors (Lipinski definition) is 4. The van der Waals surface area contributed by atoms with Gasteiger partial charge >= 0.3 is 5.97 Å². The van der Waals surface area contributed by atoms with Crippen LogP contribution in [-0.4, -0.2) is 19.1 Å². The van der Waals surface area contributed by atoms with Crippen LogP contribution in [0.4, 0.5) is 0 Å². The molecule has 1 N–H and O–H groups in total. The minimum absolute atomic E-state index is 0.166. The van der Waals surface area contributed by atoms with Gasteiger partial charge in [0.2, 0.25) is 0 Å². The highest BCUT2D eigenvalue weighted by Crippen LogP contribution is 2.28. The summed E-state index contributed by atoms with van der Waals surface area (Å²) in [5, 5.41) is 3.62. The third-order valence-corrected chi connectivity index (χ3v) is 5.05. The van der Waals surface area contributed by atoms with E-state index in [0.29, 0.717) is 12.5 Å². The van der Waals surface area contributed by atoms with Gasteiger partial charge in [-0.2, -0.15) is 0 Å². The Morgan fingerprint density at radius 3 is 2.79 bits per heavy atom. The summed E-state index contributed by atoms with van der Waals surface area (Å²) >= 11 is 1.70. The van der Waals surface area contributed by atoms with Gasteiger partial charge in [0.05, 0.1) is 13.5 Å². The fraction of sp³-hybridized carbons (Fsp3) is 0.667. The van der Waals surface area contributed by atoms with E-state index in [1.54, 1.807) is 11.3 Å². The van der Waals surface area contributed by atoms with Gasteiger partial charge in [0.25, 0.3) is 0 Å². The zero-order chi connectivity index (χ0) is 13.7. The van der Waals surface area contributed by atoms with Gasteiger partial charge in [-0.3, -0.25) is 4.79 Å².